The normalized spacial score (nSPS) is 11.0. The van der Waals surface area contributed by atoms with E-state index >= 15 is 0 Å². The highest BCUT2D eigenvalue weighted by Crippen LogP contribution is 2.23. The number of anilines is 1. The Bertz CT molecular complexity index is 413. The van der Waals surface area contributed by atoms with Crippen LogP contribution in [0.25, 0.3) is 0 Å². The van der Waals surface area contributed by atoms with Crippen molar-refractivity contribution in [2.24, 2.45) is 5.41 Å². The van der Waals surface area contributed by atoms with Crippen LogP contribution in [-0.4, -0.2) is 13.6 Å². The lowest BCUT2D eigenvalue weighted by molar-refractivity contribution is 0.419. The van der Waals surface area contributed by atoms with Crippen LogP contribution in [0.4, 0.5) is 10.1 Å². The minimum absolute atomic E-state index is 0.135. The topological polar surface area (TPSA) is 27.0 Å². The fourth-order valence-corrected chi connectivity index (χ4v) is 1.73. The zero-order valence-electron chi connectivity index (χ0n) is 10.2. The highest BCUT2D eigenvalue weighted by atomic mass is 19.1. The Kier molecular flexibility index (Phi) is 3.54. The summed E-state index contributed by atoms with van der Waals surface area (Å²) in [6.45, 7) is 7.19. The van der Waals surface area contributed by atoms with Gasteiger partial charge in [-0.1, -0.05) is 20.8 Å². The Morgan fingerprint density at radius 3 is 2.50 bits per heavy atom. The quantitative estimate of drug-likeness (QED) is 0.765. The largest absolute Gasteiger partial charge is 0.373 e. The molecule has 0 atom stereocenters. The van der Waals surface area contributed by atoms with E-state index in [-0.39, 0.29) is 11.2 Å². The smallest absolute Gasteiger partial charge is 0.124 e. The predicted molar refractivity (Wildman–Crippen MR) is 63.8 cm³/mol. The molecule has 3 heteroatoms. The van der Waals surface area contributed by atoms with Crippen molar-refractivity contribution >= 4 is 5.69 Å². The van der Waals surface area contributed by atoms with Crippen molar-refractivity contribution in [1.29, 1.82) is 5.26 Å². The number of nitrogens with zero attached hydrogens (tertiary/aromatic N) is 2. The second-order valence-corrected chi connectivity index (χ2v) is 5.19. The highest BCUT2D eigenvalue weighted by molar-refractivity contribution is 5.59. The van der Waals surface area contributed by atoms with Gasteiger partial charge in [0.1, 0.15) is 11.9 Å². The minimum atomic E-state index is -0.371. The third-order valence-electron chi connectivity index (χ3n) is 2.20. The molecule has 2 nitrogen and oxygen atoms in total. The van der Waals surface area contributed by atoms with E-state index < -0.39 is 0 Å². The van der Waals surface area contributed by atoms with Crippen LogP contribution in [0.3, 0.4) is 0 Å². The van der Waals surface area contributed by atoms with Gasteiger partial charge < -0.3 is 4.90 Å². The average Bonchev–Trinajstić information content (AvgIpc) is 2.14. The van der Waals surface area contributed by atoms with Crippen LogP contribution in [0.15, 0.2) is 18.2 Å². The van der Waals surface area contributed by atoms with E-state index in [2.05, 4.69) is 20.8 Å². The van der Waals surface area contributed by atoms with Crippen LogP contribution in [0.2, 0.25) is 0 Å². The van der Waals surface area contributed by atoms with Gasteiger partial charge in [-0.05, 0) is 23.6 Å². The molecule has 0 aliphatic carbocycles. The van der Waals surface area contributed by atoms with Crippen molar-refractivity contribution in [3.8, 4) is 6.07 Å². The number of rotatable bonds is 2. The van der Waals surface area contributed by atoms with Gasteiger partial charge >= 0.3 is 0 Å². The average molecular weight is 220 g/mol. The van der Waals surface area contributed by atoms with E-state index in [0.717, 1.165) is 12.2 Å². The first-order valence-electron chi connectivity index (χ1n) is 5.24. The maximum absolute atomic E-state index is 13.0. The van der Waals surface area contributed by atoms with E-state index in [0.29, 0.717) is 5.56 Å². The summed E-state index contributed by atoms with van der Waals surface area (Å²) in [6.07, 6.45) is 0. The molecule has 0 aromatic heterocycles. The van der Waals surface area contributed by atoms with Crippen LogP contribution >= 0.6 is 0 Å². The molecule has 0 saturated carbocycles. The molecule has 86 valence electrons. The summed E-state index contributed by atoms with van der Waals surface area (Å²) in [5.74, 6) is -0.371. The van der Waals surface area contributed by atoms with Gasteiger partial charge in [-0.25, -0.2) is 4.39 Å². The van der Waals surface area contributed by atoms with Gasteiger partial charge in [0.25, 0.3) is 0 Å². The number of benzene rings is 1. The first kappa shape index (κ1) is 12.5. The van der Waals surface area contributed by atoms with Gasteiger partial charge in [0.2, 0.25) is 0 Å². The van der Waals surface area contributed by atoms with Gasteiger partial charge in [0.15, 0.2) is 0 Å². The first-order chi connectivity index (χ1) is 7.33. The number of hydrogen-bond donors (Lipinski definition) is 0. The molecule has 0 bridgehead atoms. The predicted octanol–water partition coefficient (Wildman–Crippen LogP) is 3.18. The van der Waals surface area contributed by atoms with E-state index in [4.69, 9.17) is 5.26 Å². The van der Waals surface area contributed by atoms with Crippen molar-refractivity contribution in [3.63, 3.8) is 0 Å². The summed E-state index contributed by atoms with van der Waals surface area (Å²) in [7, 11) is 1.92. The number of halogens is 1. The lowest BCUT2D eigenvalue weighted by Crippen LogP contribution is -2.29. The zero-order valence-corrected chi connectivity index (χ0v) is 10.2. The second-order valence-electron chi connectivity index (χ2n) is 5.19. The van der Waals surface area contributed by atoms with E-state index in [9.17, 15) is 4.39 Å². The Morgan fingerprint density at radius 1 is 1.38 bits per heavy atom. The molecule has 0 aliphatic heterocycles. The van der Waals surface area contributed by atoms with Crippen LogP contribution in [0.5, 0.6) is 0 Å². The third kappa shape index (κ3) is 3.23. The Labute approximate surface area is 96.3 Å². The summed E-state index contributed by atoms with van der Waals surface area (Å²) in [5.41, 5.74) is 1.29. The molecule has 0 radical (unpaired) electrons. The van der Waals surface area contributed by atoms with Crippen molar-refractivity contribution < 1.29 is 4.39 Å². The van der Waals surface area contributed by atoms with Crippen LogP contribution in [0, 0.1) is 22.6 Å². The Morgan fingerprint density at radius 2 is 2.00 bits per heavy atom. The van der Waals surface area contributed by atoms with Gasteiger partial charge in [-0.2, -0.15) is 5.26 Å². The molecule has 0 unspecified atom stereocenters. The van der Waals surface area contributed by atoms with E-state index in [1.54, 1.807) is 6.07 Å². The standard InChI is InChI=1S/C13H17FN2/c1-13(2,3)9-16(4)12-6-5-11(14)7-10(12)8-15/h5-7H,9H2,1-4H3. The SMILES string of the molecule is CN(CC(C)(C)C)c1ccc(F)cc1C#N. The van der Waals surface area contributed by atoms with E-state index in [1.165, 1.54) is 12.1 Å². The Hall–Kier alpha value is -1.56. The van der Waals surface area contributed by atoms with Gasteiger partial charge in [0, 0.05) is 13.6 Å². The van der Waals surface area contributed by atoms with Crippen molar-refractivity contribution in [2.45, 2.75) is 20.8 Å². The molecule has 1 aromatic rings. The molecule has 16 heavy (non-hydrogen) atoms. The summed E-state index contributed by atoms with van der Waals surface area (Å²) >= 11 is 0. The third-order valence-corrected chi connectivity index (χ3v) is 2.20. The van der Waals surface area contributed by atoms with Crippen molar-refractivity contribution in [2.75, 3.05) is 18.5 Å². The minimum Gasteiger partial charge on any atom is -0.373 e. The lowest BCUT2D eigenvalue weighted by atomic mass is 9.96. The highest BCUT2D eigenvalue weighted by Gasteiger charge is 2.16. The van der Waals surface area contributed by atoms with E-state index in [1.807, 2.05) is 18.0 Å². The fourth-order valence-electron chi connectivity index (χ4n) is 1.73. The van der Waals surface area contributed by atoms with Crippen LogP contribution in [0.1, 0.15) is 26.3 Å². The Balaban J connectivity index is 3.00. The molecule has 0 N–H and O–H groups in total. The van der Waals surface area contributed by atoms with Crippen molar-refractivity contribution in [3.05, 3.63) is 29.6 Å². The summed E-state index contributed by atoms with van der Waals surface area (Å²) in [6, 6.07) is 6.33. The van der Waals surface area contributed by atoms with Gasteiger partial charge in [-0.3, -0.25) is 0 Å². The molecule has 1 aromatic carbocycles. The maximum Gasteiger partial charge on any atom is 0.124 e. The van der Waals surface area contributed by atoms with Crippen LogP contribution in [-0.2, 0) is 0 Å². The lowest BCUT2D eigenvalue weighted by Gasteiger charge is -2.28. The summed E-state index contributed by atoms with van der Waals surface area (Å²) in [5, 5.41) is 8.95. The summed E-state index contributed by atoms with van der Waals surface area (Å²) < 4.78 is 13.0. The fraction of sp³-hybridized carbons (Fsp3) is 0.462. The molecule has 0 saturated heterocycles. The molecule has 0 spiro atoms. The molecule has 0 fully saturated rings. The van der Waals surface area contributed by atoms with Gasteiger partial charge in [0.05, 0.1) is 11.3 Å². The summed E-state index contributed by atoms with van der Waals surface area (Å²) in [4.78, 5) is 1.98. The van der Waals surface area contributed by atoms with Crippen molar-refractivity contribution in [1.82, 2.24) is 0 Å². The number of hydrogen-bond acceptors (Lipinski definition) is 2. The zero-order chi connectivity index (χ0) is 12.3. The molecular formula is C13H17FN2. The van der Waals surface area contributed by atoms with Crippen LogP contribution < -0.4 is 4.90 Å². The first-order valence-corrected chi connectivity index (χ1v) is 5.24. The second kappa shape index (κ2) is 4.52. The van der Waals surface area contributed by atoms with Gasteiger partial charge in [-0.15, -0.1) is 0 Å². The molecule has 0 amide bonds. The maximum atomic E-state index is 13.0. The molecule has 0 heterocycles. The molecule has 0 aliphatic rings. The number of nitriles is 1. The monoisotopic (exact) mass is 220 g/mol. The molecular weight excluding hydrogens is 203 g/mol. The molecule has 1 rings (SSSR count).